The topological polar surface area (TPSA) is 46.0 Å². The van der Waals surface area contributed by atoms with Crippen LogP contribution in [-0.2, 0) is 11.8 Å². The Bertz CT molecular complexity index is 894. The van der Waals surface area contributed by atoms with Gasteiger partial charge in [0.25, 0.3) is 0 Å². The molecule has 2 heterocycles. The van der Waals surface area contributed by atoms with Crippen LogP contribution < -0.4 is 0 Å². The van der Waals surface area contributed by atoms with Gasteiger partial charge in [0.15, 0.2) is 0 Å². The molecule has 3 aromatic rings. The van der Waals surface area contributed by atoms with E-state index in [0.717, 1.165) is 6.07 Å². The molecule has 0 spiro atoms. The van der Waals surface area contributed by atoms with Gasteiger partial charge in [0, 0.05) is 24.2 Å². The Labute approximate surface area is 150 Å². The third-order valence-electron chi connectivity index (χ3n) is 3.75. The largest absolute Gasteiger partial charge is 0.417 e. The van der Waals surface area contributed by atoms with Crippen LogP contribution in [0.3, 0.4) is 0 Å². The summed E-state index contributed by atoms with van der Waals surface area (Å²) in [5, 5.41) is 10.9. The molecule has 0 fully saturated rings. The summed E-state index contributed by atoms with van der Waals surface area (Å²) in [6, 6.07) is 6.86. The van der Waals surface area contributed by atoms with E-state index < -0.39 is 17.3 Å². The molecule has 8 heteroatoms. The van der Waals surface area contributed by atoms with Gasteiger partial charge in [-0.15, -0.1) is 11.3 Å². The molecule has 0 amide bonds. The quantitative estimate of drug-likeness (QED) is 0.680. The number of nitrogens with zero attached hydrogens (tertiary/aromatic N) is 2. The van der Waals surface area contributed by atoms with Gasteiger partial charge in [-0.1, -0.05) is 17.7 Å². The van der Waals surface area contributed by atoms with Gasteiger partial charge in [-0.25, -0.2) is 4.98 Å². The third kappa shape index (κ3) is 3.53. The molecule has 0 saturated carbocycles. The van der Waals surface area contributed by atoms with E-state index in [1.165, 1.54) is 29.7 Å². The Morgan fingerprint density at radius 2 is 1.80 bits per heavy atom. The Hall–Kier alpha value is -1.96. The van der Waals surface area contributed by atoms with E-state index >= 15 is 0 Å². The summed E-state index contributed by atoms with van der Waals surface area (Å²) >= 11 is 6.95. The second-order valence-electron chi connectivity index (χ2n) is 5.53. The fraction of sp³-hybridized carbons (Fsp3) is 0.176. The first-order chi connectivity index (χ1) is 11.7. The number of aromatic nitrogens is 2. The van der Waals surface area contributed by atoms with Crippen LogP contribution in [0.4, 0.5) is 13.2 Å². The lowest BCUT2D eigenvalue weighted by atomic mass is 9.96. The maximum Gasteiger partial charge on any atom is 0.417 e. The molecular weight excluding hydrogens is 373 g/mol. The first kappa shape index (κ1) is 17.8. The number of benzene rings is 1. The summed E-state index contributed by atoms with van der Waals surface area (Å²) in [4.78, 5) is 8.69. The van der Waals surface area contributed by atoms with E-state index in [4.69, 9.17) is 11.6 Å². The highest BCUT2D eigenvalue weighted by atomic mass is 35.5. The number of pyridine rings is 1. The molecule has 0 bridgehead atoms. The van der Waals surface area contributed by atoms with E-state index in [0.29, 0.717) is 21.0 Å². The molecule has 25 heavy (non-hydrogen) atoms. The minimum Gasteiger partial charge on any atom is -0.380 e. The van der Waals surface area contributed by atoms with Gasteiger partial charge in [0.05, 0.1) is 15.5 Å². The van der Waals surface area contributed by atoms with Crippen molar-refractivity contribution in [2.24, 2.45) is 0 Å². The molecule has 1 atom stereocenters. The van der Waals surface area contributed by atoms with Gasteiger partial charge in [0.2, 0.25) is 0 Å². The highest BCUT2D eigenvalue weighted by Gasteiger charge is 2.33. The zero-order valence-corrected chi connectivity index (χ0v) is 14.5. The number of rotatable bonds is 3. The minimum atomic E-state index is -4.51. The van der Waals surface area contributed by atoms with Crippen LogP contribution in [0.1, 0.15) is 22.9 Å². The predicted octanol–water partition coefficient (Wildman–Crippen LogP) is 5.13. The maximum absolute atomic E-state index is 12.8. The van der Waals surface area contributed by atoms with Gasteiger partial charge in [0.1, 0.15) is 10.6 Å². The van der Waals surface area contributed by atoms with E-state index in [-0.39, 0.29) is 5.02 Å². The Morgan fingerprint density at radius 1 is 1.12 bits per heavy atom. The van der Waals surface area contributed by atoms with Crippen LogP contribution in [0.15, 0.2) is 48.9 Å². The van der Waals surface area contributed by atoms with E-state index in [1.54, 1.807) is 31.5 Å². The van der Waals surface area contributed by atoms with Crippen molar-refractivity contribution in [1.29, 1.82) is 0 Å². The van der Waals surface area contributed by atoms with Crippen LogP contribution in [0.5, 0.6) is 0 Å². The van der Waals surface area contributed by atoms with Crippen LogP contribution in [-0.4, -0.2) is 15.1 Å². The molecule has 0 aliphatic rings. The Kier molecular flexibility index (Phi) is 4.57. The van der Waals surface area contributed by atoms with Crippen molar-refractivity contribution in [2.45, 2.75) is 18.7 Å². The van der Waals surface area contributed by atoms with Crippen molar-refractivity contribution in [3.05, 3.63) is 69.9 Å². The SMILES string of the molecule is CC(O)(c1ccncc1)c1cnc(-c2ccc(C(F)(F)F)c(Cl)c2)s1. The molecule has 0 saturated heterocycles. The summed E-state index contributed by atoms with van der Waals surface area (Å²) in [6.45, 7) is 1.62. The molecular formula is C17H12ClF3N2OS. The molecule has 2 aromatic heterocycles. The van der Waals surface area contributed by atoms with Crippen molar-refractivity contribution in [1.82, 2.24) is 9.97 Å². The van der Waals surface area contributed by atoms with Crippen molar-refractivity contribution >= 4 is 22.9 Å². The summed E-state index contributed by atoms with van der Waals surface area (Å²) in [5.74, 6) is 0. The van der Waals surface area contributed by atoms with Crippen LogP contribution in [0, 0.1) is 0 Å². The highest BCUT2D eigenvalue weighted by Crippen LogP contribution is 2.39. The molecule has 1 aromatic carbocycles. The standard InChI is InChI=1S/C17H12ClF3N2OS/c1-16(24,11-4-6-22-7-5-11)14-9-23-15(25-14)10-2-3-12(13(18)8-10)17(19,20)21/h2-9,24H,1H3. The van der Waals surface area contributed by atoms with Gasteiger partial charge in [-0.05, 0) is 36.8 Å². The molecule has 1 unspecified atom stereocenters. The normalized spacial score (nSPS) is 14.3. The number of thiazole rings is 1. The zero-order chi connectivity index (χ0) is 18.2. The van der Waals surface area contributed by atoms with Crippen molar-refractivity contribution < 1.29 is 18.3 Å². The van der Waals surface area contributed by atoms with Gasteiger partial charge < -0.3 is 5.11 Å². The monoisotopic (exact) mass is 384 g/mol. The lowest BCUT2D eigenvalue weighted by Crippen LogP contribution is -2.21. The molecule has 3 nitrogen and oxygen atoms in total. The molecule has 3 rings (SSSR count). The number of aliphatic hydroxyl groups is 1. The average molecular weight is 385 g/mol. The van der Waals surface area contributed by atoms with Crippen molar-refractivity contribution in [3.63, 3.8) is 0 Å². The maximum atomic E-state index is 12.8. The van der Waals surface area contributed by atoms with E-state index in [1.807, 2.05) is 0 Å². The summed E-state index contributed by atoms with van der Waals surface area (Å²) < 4.78 is 38.4. The Morgan fingerprint density at radius 3 is 2.40 bits per heavy atom. The number of hydrogen-bond acceptors (Lipinski definition) is 4. The first-order valence-electron chi connectivity index (χ1n) is 7.16. The molecule has 130 valence electrons. The number of hydrogen-bond donors (Lipinski definition) is 1. The van der Waals surface area contributed by atoms with Gasteiger partial charge >= 0.3 is 6.18 Å². The molecule has 0 aliphatic heterocycles. The molecule has 0 aliphatic carbocycles. The summed E-state index contributed by atoms with van der Waals surface area (Å²) in [5.41, 5.74) is -1.07. The van der Waals surface area contributed by atoms with Crippen LogP contribution in [0.25, 0.3) is 10.6 Å². The smallest absolute Gasteiger partial charge is 0.380 e. The van der Waals surface area contributed by atoms with Gasteiger partial charge in [-0.2, -0.15) is 13.2 Å². The fourth-order valence-electron chi connectivity index (χ4n) is 2.33. The lowest BCUT2D eigenvalue weighted by Gasteiger charge is -2.21. The summed E-state index contributed by atoms with van der Waals surface area (Å²) in [6.07, 6.45) is 0.142. The highest BCUT2D eigenvalue weighted by molar-refractivity contribution is 7.15. The average Bonchev–Trinajstić information content (AvgIpc) is 3.05. The zero-order valence-electron chi connectivity index (χ0n) is 12.9. The second kappa shape index (κ2) is 6.40. The number of alkyl halides is 3. The second-order valence-corrected chi connectivity index (χ2v) is 6.97. The summed E-state index contributed by atoms with van der Waals surface area (Å²) in [7, 11) is 0. The van der Waals surface area contributed by atoms with Gasteiger partial charge in [-0.3, -0.25) is 4.98 Å². The molecule has 1 N–H and O–H groups in total. The number of halogens is 4. The molecule has 0 radical (unpaired) electrons. The minimum absolute atomic E-state index is 0.386. The lowest BCUT2D eigenvalue weighted by molar-refractivity contribution is -0.137. The predicted molar refractivity (Wildman–Crippen MR) is 90.5 cm³/mol. The van der Waals surface area contributed by atoms with Crippen molar-refractivity contribution in [2.75, 3.05) is 0 Å². The van der Waals surface area contributed by atoms with Crippen LogP contribution in [0.2, 0.25) is 5.02 Å². The first-order valence-corrected chi connectivity index (χ1v) is 8.35. The Balaban J connectivity index is 1.96. The van der Waals surface area contributed by atoms with Crippen LogP contribution >= 0.6 is 22.9 Å². The third-order valence-corrected chi connectivity index (χ3v) is 5.32. The van der Waals surface area contributed by atoms with Crippen molar-refractivity contribution in [3.8, 4) is 10.6 Å². The van der Waals surface area contributed by atoms with E-state index in [9.17, 15) is 18.3 Å². The van der Waals surface area contributed by atoms with E-state index in [2.05, 4.69) is 9.97 Å². The fourth-order valence-corrected chi connectivity index (χ4v) is 3.60.